The van der Waals surface area contributed by atoms with Gasteiger partial charge in [0.15, 0.2) is 0 Å². The van der Waals surface area contributed by atoms with E-state index in [0.717, 1.165) is 51.7 Å². The van der Waals surface area contributed by atoms with E-state index in [9.17, 15) is 4.79 Å². The average Bonchev–Trinajstić information content (AvgIpc) is 2.43. The van der Waals surface area contributed by atoms with Crippen LogP contribution in [0.1, 0.15) is 52.4 Å². The van der Waals surface area contributed by atoms with Gasteiger partial charge >= 0.3 is 5.96 Å². The second kappa shape index (κ2) is 9.60. The summed E-state index contributed by atoms with van der Waals surface area (Å²) in [6.45, 7) is 7.40. The van der Waals surface area contributed by atoms with Crippen molar-refractivity contribution in [2.24, 2.45) is 11.5 Å². The minimum Gasteiger partial charge on any atom is -0.353 e. The van der Waals surface area contributed by atoms with Crippen molar-refractivity contribution in [1.82, 2.24) is 10.2 Å². The molecule has 0 aliphatic carbocycles. The first-order chi connectivity index (χ1) is 9.99. The number of nitrogens with one attached hydrogen (secondary N) is 2. The maximum atomic E-state index is 11.9. The van der Waals surface area contributed by atoms with E-state index in [-0.39, 0.29) is 11.9 Å². The first-order valence-electron chi connectivity index (χ1n) is 8.14. The number of nitrogens with zero attached hydrogens (tertiary/aromatic N) is 1. The number of hydrogen-bond acceptors (Lipinski definition) is 2. The zero-order valence-corrected chi connectivity index (χ0v) is 13.5. The van der Waals surface area contributed by atoms with Gasteiger partial charge in [-0.25, -0.2) is 0 Å². The number of carbonyl (C=O) groups is 1. The Morgan fingerprint density at radius 3 is 2.48 bits per heavy atom. The highest BCUT2D eigenvalue weighted by Gasteiger charge is 2.21. The molecule has 21 heavy (non-hydrogen) atoms. The Hall–Kier alpha value is -1.30. The van der Waals surface area contributed by atoms with E-state index in [1.807, 2.05) is 0 Å². The molecule has 1 fully saturated rings. The number of likely N-dealkylation sites (tertiary alicyclic amines) is 1. The molecule has 0 bridgehead atoms. The predicted molar refractivity (Wildman–Crippen MR) is 85.6 cm³/mol. The Kier molecular flexibility index (Phi) is 8.12. The van der Waals surface area contributed by atoms with Crippen molar-refractivity contribution in [2.75, 3.05) is 19.6 Å². The molecule has 1 aliphatic rings. The highest BCUT2D eigenvalue weighted by atomic mass is 16.1. The van der Waals surface area contributed by atoms with Crippen molar-refractivity contribution in [1.29, 1.82) is 0 Å². The number of piperidine rings is 1. The van der Waals surface area contributed by atoms with E-state index in [1.54, 1.807) is 0 Å². The summed E-state index contributed by atoms with van der Waals surface area (Å²) < 4.78 is 0. The van der Waals surface area contributed by atoms with Gasteiger partial charge in [0.1, 0.15) is 0 Å². The van der Waals surface area contributed by atoms with Crippen molar-refractivity contribution in [3.8, 4) is 0 Å². The van der Waals surface area contributed by atoms with E-state index in [2.05, 4.69) is 29.1 Å². The zero-order chi connectivity index (χ0) is 15.7. The molecule has 1 heterocycles. The molecule has 0 aromatic rings. The molecule has 0 spiro atoms. The third-order valence-corrected chi connectivity index (χ3v) is 4.03. The van der Waals surface area contributed by atoms with Crippen LogP contribution in [-0.2, 0) is 4.79 Å². The molecule has 0 atom stereocenters. The van der Waals surface area contributed by atoms with Gasteiger partial charge in [0, 0.05) is 31.6 Å². The summed E-state index contributed by atoms with van der Waals surface area (Å²) in [7, 11) is 0. The fourth-order valence-electron chi connectivity index (χ4n) is 2.68. The molecule has 0 radical (unpaired) electrons. The number of hydrogen-bond donors (Lipinski definition) is 4. The Labute approximate surface area is 128 Å². The van der Waals surface area contributed by atoms with Gasteiger partial charge in [0.25, 0.3) is 0 Å². The lowest BCUT2D eigenvalue weighted by atomic mass is 10.0. The molecule has 122 valence electrons. The van der Waals surface area contributed by atoms with Crippen LogP contribution < -0.4 is 21.8 Å². The summed E-state index contributed by atoms with van der Waals surface area (Å²) in [5.41, 5.74) is 10.6. The first-order valence-corrected chi connectivity index (χ1v) is 8.14. The number of nitrogens with two attached hydrogens (primary N) is 2. The average molecular weight is 298 g/mol. The molecule has 0 aromatic carbocycles. The predicted octanol–water partition coefficient (Wildman–Crippen LogP) is -1.11. The topological polar surface area (TPSA) is 98.3 Å². The Bertz CT molecular complexity index is 331. The van der Waals surface area contributed by atoms with Gasteiger partial charge in [-0.3, -0.25) is 21.3 Å². The van der Waals surface area contributed by atoms with E-state index in [4.69, 9.17) is 11.5 Å². The van der Waals surface area contributed by atoms with Gasteiger partial charge in [0.2, 0.25) is 5.91 Å². The smallest absolute Gasteiger partial charge is 0.338 e. The van der Waals surface area contributed by atoms with Crippen LogP contribution in [0.15, 0.2) is 0 Å². The van der Waals surface area contributed by atoms with E-state index in [1.165, 1.54) is 0 Å². The number of guanidine groups is 1. The molecule has 0 saturated carbocycles. The molecule has 1 aliphatic heterocycles. The fraction of sp³-hybridized carbons (Fsp3) is 0.867. The molecule has 1 saturated heterocycles. The van der Waals surface area contributed by atoms with Gasteiger partial charge in [-0.2, -0.15) is 0 Å². The standard InChI is InChI=1S/C15H31N5O/c1-12(2)20-10-7-13(8-11-20)19-14(21)6-4-3-5-9-18-15(16)17/h12-13H,3-11H2,1-2H3,(H,19,21)(H4,16,17,18)/p+1. The summed E-state index contributed by atoms with van der Waals surface area (Å²) in [5, 5.41) is 3.16. The zero-order valence-electron chi connectivity index (χ0n) is 13.5. The lowest BCUT2D eigenvalue weighted by molar-refractivity contribution is -0.459. The molecular weight excluding hydrogens is 266 g/mol. The van der Waals surface area contributed by atoms with E-state index in [0.29, 0.717) is 18.5 Å². The van der Waals surface area contributed by atoms with Gasteiger partial charge in [0.05, 0.1) is 6.54 Å². The monoisotopic (exact) mass is 298 g/mol. The van der Waals surface area contributed by atoms with Crippen LogP contribution in [0.4, 0.5) is 0 Å². The number of rotatable bonds is 8. The summed E-state index contributed by atoms with van der Waals surface area (Å²) in [6, 6.07) is 0.968. The van der Waals surface area contributed by atoms with Gasteiger partial charge < -0.3 is 10.2 Å². The van der Waals surface area contributed by atoms with E-state index < -0.39 is 0 Å². The molecule has 1 amide bonds. The maximum Gasteiger partial charge on any atom is 0.338 e. The summed E-state index contributed by atoms with van der Waals surface area (Å²) >= 11 is 0. The molecule has 1 rings (SSSR count). The fourth-order valence-corrected chi connectivity index (χ4v) is 2.68. The second-order valence-electron chi connectivity index (χ2n) is 6.16. The minimum atomic E-state index is 0.191. The normalized spacial score (nSPS) is 16.9. The number of amides is 1. The van der Waals surface area contributed by atoms with Crippen LogP contribution in [0.3, 0.4) is 0 Å². The van der Waals surface area contributed by atoms with Crippen LogP contribution in [0.25, 0.3) is 0 Å². The van der Waals surface area contributed by atoms with Crippen molar-refractivity contribution in [3.05, 3.63) is 0 Å². The highest BCUT2D eigenvalue weighted by Crippen LogP contribution is 2.13. The molecular formula is C15H32N5O+. The second-order valence-corrected chi connectivity index (χ2v) is 6.16. The van der Waals surface area contributed by atoms with Gasteiger partial charge in [-0.1, -0.05) is 0 Å². The van der Waals surface area contributed by atoms with Crippen molar-refractivity contribution >= 4 is 11.9 Å². The molecule has 0 unspecified atom stereocenters. The van der Waals surface area contributed by atoms with Gasteiger partial charge in [-0.15, -0.1) is 0 Å². The maximum absolute atomic E-state index is 11.9. The lowest BCUT2D eigenvalue weighted by Crippen LogP contribution is -2.78. The van der Waals surface area contributed by atoms with Crippen LogP contribution in [-0.4, -0.2) is 48.5 Å². The summed E-state index contributed by atoms with van der Waals surface area (Å²) in [4.78, 5) is 17.2. The third kappa shape index (κ3) is 7.90. The largest absolute Gasteiger partial charge is 0.353 e. The van der Waals surface area contributed by atoms with Crippen molar-refractivity contribution < 1.29 is 9.79 Å². The molecule has 6 heteroatoms. The Balaban J connectivity index is 2.05. The van der Waals surface area contributed by atoms with Crippen LogP contribution in [0, 0.1) is 0 Å². The molecule has 0 aromatic heterocycles. The van der Waals surface area contributed by atoms with Crippen LogP contribution in [0.5, 0.6) is 0 Å². The highest BCUT2D eigenvalue weighted by molar-refractivity contribution is 5.76. The van der Waals surface area contributed by atoms with Crippen LogP contribution >= 0.6 is 0 Å². The van der Waals surface area contributed by atoms with Crippen LogP contribution in [0.2, 0.25) is 0 Å². The Morgan fingerprint density at radius 1 is 1.24 bits per heavy atom. The number of carbonyl (C=O) groups excluding carboxylic acids is 1. The summed E-state index contributed by atoms with van der Waals surface area (Å²) in [6.07, 6.45) is 5.67. The Morgan fingerprint density at radius 2 is 1.90 bits per heavy atom. The van der Waals surface area contributed by atoms with Gasteiger partial charge in [-0.05, 0) is 46.0 Å². The lowest BCUT2D eigenvalue weighted by Gasteiger charge is -2.34. The third-order valence-electron chi connectivity index (χ3n) is 4.03. The molecule has 6 nitrogen and oxygen atoms in total. The van der Waals surface area contributed by atoms with E-state index >= 15 is 0 Å². The number of unbranched alkanes of at least 4 members (excludes halogenated alkanes) is 2. The van der Waals surface area contributed by atoms with Crippen molar-refractivity contribution in [2.45, 2.75) is 64.5 Å². The summed E-state index contributed by atoms with van der Waals surface area (Å²) in [5.74, 6) is 0.455. The van der Waals surface area contributed by atoms with Crippen molar-refractivity contribution in [3.63, 3.8) is 0 Å². The first kappa shape index (κ1) is 17.8. The minimum absolute atomic E-state index is 0.191. The molecule has 6 N–H and O–H groups in total. The quantitative estimate of drug-likeness (QED) is 0.259. The SMILES string of the molecule is CC(C)N1CCC(NC(=O)CCCCC[NH+]=C(N)N)CC1.